The Bertz CT molecular complexity index is 992. The van der Waals surface area contributed by atoms with Gasteiger partial charge in [-0.05, 0) is 35.8 Å². The fraction of sp³-hybridized carbons (Fsp3) is 0.571. The van der Waals surface area contributed by atoms with E-state index in [9.17, 15) is 0 Å². The highest BCUT2D eigenvalue weighted by Gasteiger charge is 2.26. The van der Waals surface area contributed by atoms with Gasteiger partial charge in [0.25, 0.3) is 0 Å². The Balaban J connectivity index is 1.52. The second-order valence-corrected chi connectivity index (χ2v) is 10.8. The molecule has 1 aliphatic heterocycles. The molecule has 0 aliphatic carbocycles. The number of nitrogens with zero attached hydrogens (tertiary/aromatic N) is 1. The van der Waals surface area contributed by atoms with Gasteiger partial charge in [0.05, 0.1) is 14.2 Å². The van der Waals surface area contributed by atoms with Crippen molar-refractivity contribution in [1.82, 2.24) is 0 Å². The molecule has 0 bridgehead atoms. The van der Waals surface area contributed by atoms with Crippen LogP contribution in [0.25, 0.3) is 6.08 Å². The molecule has 0 fully saturated rings. The van der Waals surface area contributed by atoms with Gasteiger partial charge in [0.15, 0.2) is 23.8 Å². The maximum Gasteiger partial charge on any atom is 0.183 e. The Hall–Kier alpha value is -2.55. The molecule has 0 saturated heterocycles. The number of hydrogen-bond acceptors (Lipinski definition) is 2. The third kappa shape index (κ3) is 9.97. The van der Waals surface area contributed by atoms with Gasteiger partial charge in [-0.2, -0.15) is 0 Å². The van der Waals surface area contributed by atoms with Crippen LogP contribution in [0.3, 0.4) is 0 Å². The van der Waals surface area contributed by atoms with Crippen LogP contribution in [0.5, 0.6) is 11.5 Å². The molecule has 38 heavy (non-hydrogen) atoms. The summed E-state index contributed by atoms with van der Waals surface area (Å²) in [6.07, 6.45) is 24.8. The lowest BCUT2D eigenvalue weighted by Gasteiger charge is -2.20. The molecule has 0 saturated carbocycles. The maximum absolute atomic E-state index is 5.68. The molecule has 3 rings (SSSR count). The minimum Gasteiger partial charge on any atom is -0.493 e. The molecule has 0 atom stereocenters. The largest absolute Gasteiger partial charge is 0.493 e. The Kier molecular flexibility index (Phi) is 14.1. The van der Waals surface area contributed by atoms with Crippen LogP contribution in [-0.2, 0) is 6.42 Å². The Morgan fingerprint density at radius 3 is 1.92 bits per heavy atom. The summed E-state index contributed by atoms with van der Waals surface area (Å²) in [5.74, 6) is 1.67. The smallest absolute Gasteiger partial charge is 0.183 e. The van der Waals surface area contributed by atoms with Gasteiger partial charge < -0.3 is 9.47 Å². The van der Waals surface area contributed by atoms with Crippen molar-refractivity contribution in [2.24, 2.45) is 0 Å². The molecule has 0 spiro atoms. The fourth-order valence-corrected chi connectivity index (χ4v) is 5.64. The zero-order valence-corrected chi connectivity index (χ0v) is 24.5. The van der Waals surface area contributed by atoms with Crippen LogP contribution >= 0.6 is 0 Å². The third-order valence-corrected chi connectivity index (χ3v) is 7.91. The van der Waals surface area contributed by atoms with Crippen LogP contribution in [-0.4, -0.2) is 37.6 Å². The SMILES string of the molecule is CCCCCCCCCCCCCCCC1=[N+](C/C=C/c2ccccc2)CCc2cc(OC)c(OC)cc21. The van der Waals surface area contributed by atoms with Crippen LogP contribution in [0.4, 0.5) is 0 Å². The van der Waals surface area contributed by atoms with E-state index >= 15 is 0 Å². The third-order valence-electron chi connectivity index (χ3n) is 7.91. The van der Waals surface area contributed by atoms with E-state index < -0.39 is 0 Å². The summed E-state index contributed by atoms with van der Waals surface area (Å²) in [6.45, 7) is 4.29. The highest BCUT2D eigenvalue weighted by Crippen LogP contribution is 2.33. The molecule has 2 aromatic rings. The molecule has 2 aromatic carbocycles. The molecule has 0 aromatic heterocycles. The van der Waals surface area contributed by atoms with Gasteiger partial charge in [-0.15, -0.1) is 0 Å². The van der Waals surface area contributed by atoms with E-state index in [-0.39, 0.29) is 0 Å². The van der Waals surface area contributed by atoms with E-state index in [0.717, 1.165) is 37.4 Å². The number of fused-ring (bicyclic) bond motifs is 1. The number of hydrogen-bond donors (Lipinski definition) is 0. The Labute approximate surface area is 233 Å². The number of rotatable bonds is 19. The second kappa shape index (κ2) is 17.9. The van der Waals surface area contributed by atoms with Crippen LogP contribution in [0, 0.1) is 0 Å². The van der Waals surface area contributed by atoms with Crippen molar-refractivity contribution in [2.45, 2.75) is 103 Å². The van der Waals surface area contributed by atoms with Crippen molar-refractivity contribution in [2.75, 3.05) is 27.3 Å². The number of ether oxygens (including phenoxy) is 2. The summed E-state index contributed by atoms with van der Waals surface area (Å²) in [5.41, 5.74) is 5.46. The quantitative estimate of drug-likeness (QED) is 0.136. The Morgan fingerprint density at radius 1 is 0.737 bits per heavy atom. The van der Waals surface area contributed by atoms with Gasteiger partial charge in [-0.1, -0.05) is 120 Å². The number of methoxy groups -OCH3 is 2. The summed E-state index contributed by atoms with van der Waals surface area (Å²) in [6, 6.07) is 15.0. The van der Waals surface area contributed by atoms with Crippen LogP contribution in [0.2, 0.25) is 0 Å². The van der Waals surface area contributed by atoms with E-state index in [1.807, 2.05) is 0 Å². The predicted molar refractivity (Wildman–Crippen MR) is 163 cm³/mol. The molecule has 0 N–H and O–H groups in total. The first kappa shape index (κ1) is 30.0. The van der Waals surface area contributed by atoms with Gasteiger partial charge in [0, 0.05) is 18.4 Å². The van der Waals surface area contributed by atoms with E-state index in [1.165, 1.54) is 106 Å². The normalized spacial score (nSPS) is 13.2. The molecule has 0 unspecified atom stereocenters. The van der Waals surface area contributed by atoms with Gasteiger partial charge >= 0.3 is 0 Å². The second-order valence-electron chi connectivity index (χ2n) is 10.8. The predicted octanol–water partition coefficient (Wildman–Crippen LogP) is 9.26. The summed E-state index contributed by atoms with van der Waals surface area (Å²) in [4.78, 5) is 0. The van der Waals surface area contributed by atoms with Crippen molar-refractivity contribution in [1.29, 1.82) is 0 Å². The average molecular weight is 519 g/mol. The van der Waals surface area contributed by atoms with Crippen molar-refractivity contribution in [3.63, 3.8) is 0 Å². The zero-order valence-electron chi connectivity index (χ0n) is 24.5. The summed E-state index contributed by atoms with van der Waals surface area (Å²) in [7, 11) is 3.46. The zero-order chi connectivity index (χ0) is 26.8. The van der Waals surface area contributed by atoms with Crippen LogP contribution < -0.4 is 9.47 Å². The first-order chi connectivity index (χ1) is 18.8. The van der Waals surface area contributed by atoms with Gasteiger partial charge in [0.1, 0.15) is 6.54 Å². The molecule has 0 amide bonds. The van der Waals surface area contributed by atoms with Crippen molar-refractivity contribution in [3.8, 4) is 11.5 Å². The minimum absolute atomic E-state index is 0.829. The molecule has 208 valence electrons. The minimum atomic E-state index is 0.829. The lowest BCUT2D eigenvalue weighted by atomic mass is 9.92. The summed E-state index contributed by atoms with van der Waals surface area (Å²) in [5, 5.41) is 0. The highest BCUT2D eigenvalue weighted by atomic mass is 16.5. The van der Waals surface area contributed by atoms with E-state index in [2.05, 4.69) is 66.1 Å². The standard InChI is InChI=1S/C35H52NO2/c1-4-5-6-7-8-9-10-11-12-13-14-15-19-24-33-32-29-35(38-3)34(37-2)28-31(32)25-27-36(33)26-20-23-30-21-17-16-18-22-30/h16-18,20-23,28-29H,4-15,19,24-27H2,1-3H3/q+1/b23-20+. The van der Waals surface area contributed by atoms with Crippen LogP contribution in [0.1, 0.15) is 114 Å². The molecule has 0 radical (unpaired) electrons. The molecule has 3 nitrogen and oxygen atoms in total. The lowest BCUT2D eigenvalue weighted by molar-refractivity contribution is -0.519. The molecular weight excluding hydrogens is 466 g/mol. The van der Waals surface area contributed by atoms with Gasteiger partial charge in [-0.3, -0.25) is 0 Å². The molecule has 1 aliphatic rings. The fourth-order valence-electron chi connectivity index (χ4n) is 5.64. The molecule has 1 heterocycles. The average Bonchev–Trinajstić information content (AvgIpc) is 2.95. The highest BCUT2D eigenvalue weighted by molar-refractivity contribution is 5.99. The first-order valence-corrected chi connectivity index (χ1v) is 15.3. The summed E-state index contributed by atoms with van der Waals surface area (Å²) >= 11 is 0. The van der Waals surface area contributed by atoms with E-state index in [1.54, 1.807) is 14.2 Å². The van der Waals surface area contributed by atoms with Crippen molar-refractivity contribution in [3.05, 3.63) is 65.2 Å². The van der Waals surface area contributed by atoms with E-state index in [4.69, 9.17) is 9.47 Å². The molecular formula is C35H52NO2+. The number of benzene rings is 2. The lowest BCUT2D eigenvalue weighted by Crippen LogP contribution is -2.30. The molecule has 3 heteroatoms. The van der Waals surface area contributed by atoms with Crippen molar-refractivity contribution >= 4 is 11.8 Å². The van der Waals surface area contributed by atoms with Crippen molar-refractivity contribution < 1.29 is 14.0 Å². The van der Waals surface area contributed by atoms with E-state index in [0.29, 0.717) is 0 Å². The monoisotopic (exact) mass is 518 g/mol. The van der Waals surface area contributed by atoms with Crippen LogP contribution in [0.15, 0.2) is 48.5 Å². The topological polar surface area (TPSA) is 21.5 Å². The van der Waals surface area contributed by atoms with Gasteiger partial charge in [-0.25, -0.2) is 4.58 Å². The number of unbranched alkanes of at least 4 members (excludes halogenated alkanes) is 12. The van der Waals surface area contributed by atoms with Gasteiger partial charge in [0.2, 0.25) is 0 Å². The maximum atomic E-state index is 5.68. The first-order valence-electron chi connectivity index (χ1n) is 15.3. The Morgan fingerprint density at radius 2 is 1.32 bits per heavy atom. The summed E-state index contributed by atoms with van der Waals surface area (Å²) < 4.78 is 13.9.